The number of benzene rings is 4. The first-order chi connectivity index (χ1) is 13.4. The van der Waals surface area contributed by atoms with Crippen molar-refractivity contribution in [3.8, 4) is 0 Å². The van der Waals surface area contributed by atoms with Gasteiger partial charge in [-0.1, -0.05) is 103 Å². The first-order valence-corrected chi connectivity index (χ1v) is 9.57. The predicted octanol–water partition coefficient (Wildman–Crippen LogP) is 6.73. The molecule has 0 heterocycles. The number of rotatable bonds is 7. The van der Waals surface area contributed by atoms with Gasteiger partial charge in [0.15, 0.2) is 0 Å². The second-order valence-corrected chi connectivity index (χ2v) is 6.88. The SMILES string of the molecule is c1ccc(CCC(OCc2ccccc2)c2cccc3ccccc23)cc1. The van der Waals surface area contributed by atoms with Gasteiger partial charge in [-0.2, -0.15) is 0 Å². The molecule has 0 N–H and O–H groups in total. The summed E-state index contributed by atoms with van der Waals surface area (Å²) in [6, 6.07) is 36.2. The summed E-state index contributed by atoms with van der Waals surface area (Å²) >= 11 is 0. The van der Waals surface area contributed by atoms with Gasteiger partial charge < -0.3 is 4.74 Å². The molecule has 4 aromatic carbocycles. The van der Waals surface area contributed by atoms with E-state index < -0.39 is 0 Å². The Kier molecular flexibility index (Phi) is 5.61. The molecule has 1 heteroatoms. The molecule has 4 aromatic rings. The van der Waals surface area contributed by atoms with E-state index in [-0.39, 0.29) is 6.10 Å². The summed E-state index contributed by atoms with van der Waals surface area (Å²) in [5.41, 5.74) is 3.84. The minimum atomic E-state index is 0.0662. The zero-order valence-electron chi connectivity index (χ0n) is 15.4. The highest BCUT2D eigenvalue weighted by atomic mass is 16.5. The maximum Gasteiger partial charge on any atom is 0.0838 e. The van der Waals surface area contributed by atoms with E-state index >= 15 is 0 Å². The zero-order chi connectivity index (χ0) is 18.3. The first kappa shape index (κ1) is 17.5. The van der Waals surface area contributed by atoms with E-state index in [9.17, 15) is 0 Å². The molecule has 134 valence electrons. The van der Waals surface area contributed by atoms with Crippen LogP contribution in [0.5, 0.6) is 0 Å². The molecular formula is C26H24O. The molecule has 0 saturated carbocycles. The van der Waals surface area contributed by atoms with E-state index in [1.807, 2.05) is 6.07 Å². The number of hydrogen-bond acceptors (Lipinski definition) is 1. The van der Waals surface area contributed by atoms with Crippen molar-refractivity contribution in [3.05, 3.63) is 120 Å². The fraction of sp³-hybridized carbons (Fsp3) is 0.154. The highest BCUT2D eigenvalue weighted by Crippen LogP contribution is 2.31. The van der Waals surface area contributed by atoms with E-state index in [1.165, 1.54) is 27.5 Å². The Balaban J connectivity index is 1.60. The summed E-state index contributed by atoms with van der Waals surface area (Å²) in [4.78, 5) is 0. The van der Waals surface area contributed by atoms with Crippen molar-refractivity contribution in [2.45, 2.75) is 25.6 Å². The largest absolute Gasteiger partial charge is 0.369 e. The zero-order valence-corrected chi connectivity index (χ0v) is 15.4. The Morgan fingerprint density at radius 1 is 0.593 bits per heavy atom. The van der Waals surface area contributed by atoms with Gasteiger partial charge >= 0.3 is 0 Å². The lowest BCUT2D eigenvalue weighted by atomic mass is 9.96. The third-order valence-corrected chi connectivity index (χ3v) is 5.00. The van der Waals surface area contributed by atoms with Gasteiger partial charge in [0.25, 0.3) is 0 Å². The van der Waals surface area contributed by atoms with Crippen LogP contribution in [0.15, 0.2) is 103 Å². The Hall–Kier alpha value is -2.90. The number of aryl methyl sites for hydroxylation is 1. The third kappa shape index (κ3) is 4.45. The summed E-state index contributed by atoms with van der Waals surface area (Å²) in [5.74, 6) is 0. The van der Waals surface area contributed by atoms with Crippen LogP contribution in [0.25, 0.3) is 10.8 Å². The highest BCUT2D eigenvalue weighted by molar-refractivity contribution is 5.86. The van der Waals surface area contributed by atoms with Crippen molar-refractivity contribution >= 4 is 10.8 Å². The second-order valence-electron chi connectivity index (χ2n) is 6.88. The monoisotopic (exact) mass is 352 g/mol. The quantitative estimate of drug-likeness (QED) is 0.358. The molecule has 0 amide bonds. The molecule has 4 rings (SSSR count). The lowest BCUT2D eigenvalue weighted by Gasteiger charge is -2.20. The molecule has 1 nitrogen and oxygen atoms in total. The van der Waals surface area contributed by atoms with Crippen LogP contribution in [-0.2, 0) is 17.8 Å². The van der Waals surface area contributed by atoms with Gasteiger partial charge in [-0.05, 0) is 40.3 Å². The Labute approximate surface area is 161 Å². The summed E-state index contributed by atoms with van der Waals surface area (Å²) < 4.78 is 6.44. The lowest BCUT2D eigenvalue weighted by molar-refractivity contribution is 0.0350. The normalized spacial score (nSPS) is 12.1. The van der Waals surface area contributed by atoms with Gasteiger partial charge in [-0.25, -0.2) is 0 Å². The molecule has 1 unspecified atom stereocenters. The van der Waals surface area contributed by atoms with Gasteiger partial charge in [-0.3, -0.25) is 0 Å². The van der Waals surface area contributed by atoms with Crippen molar-refractivity contribution in [2.75, 3.05) is 0 Å². The first-order valence-electron chi connectivity index (χ1n) is 9.57. The average molecular weight is 352 g/mol. The molecule has 0 aliphatic rings. The van der Waals surface area contributed by atoms with E-state index in [2.05, 4.69) is 97.1 Å². The van der Waals surface area contributed by atoms with Crippen LogP contribution in [-0.4, -0.2) is 0 Å². The van der Waals surface area contributed by atoms with Crippen LogP contribution >= 0.6 is 0 Å². The molecule has 1 atom stereocenters. The Morgan fingerprint density at radius 2 is 1.22 bits per heavy atom. The van der Waals surface area contributed by atoms with E-state index in [4.69, 9.17) is 4.74 Å². The minimum Gasteiger partial charge on any atom is -0.369 e. The summed E-state index contributed by atoms with van der Waals surface area (Å²) in [5, 5.41) is 2.55. The fourth-order valence-corrected chi connectivity index (χ4v) is 3.57. The molecule has 0 radical (unpaired) electrons. The standard InChI is InChI=1S/C26H24O/c1-3-10-21(11-4-1)18-19-26(27-20-22-12-5-2-6-13-22)25-17-9-15-23-14-7-8-16-24(23)25/h1-17,26H,18-20H2. The molecular weight excluding hydrogens is 328 g/mol. The van der Waals surface area contributed by atoms with Gasteiger partial charge in [0.2, 0.25) is 0 Å². The van der Waals surface area contributed by atoms with Crippen LogP contribution in [0.2, 0.25) is 0 Å². The summed E-state index contributed by atoms with van der Waals surface area (Å²) in [6.45, 7) is 0.628. The highest BCUT2D eigenvalue weighted by Gasteiger charge is 2.15. The Morgan fingerprint density at radius 3 is 2.00 bits per heavy atom. The van der Waals surface area contributed by atoms with E-state index in [0.29, 0.717) is 6.61 Å². The average Bonchev–Trinajstić information content (AvgIpc) is 2.75. The lowest BCUT2D eigenvalue weighted by Crippen LogP contribution is -2.07. The second kappa shape index (κ2) is 8.66. The number of fused-ring (bicyclic) bond motifs is 1. The molecule has 0 bridgehead atoms. The van der Waals surface area contributed by atoms with Gasteiger partial charge in [0.05, 0.1) is 12.7 Å². The summed E-state index contributed by atoms with van der Waals surface area (Å²) in [6.07, 6.45) is 2.03. The van der Waals surface area contributed by atoms with Crippen molar-refractivity contribution in [1.82, 2.24) is 0 Å². The van der Waals surface area contributed by atoms with Crippen molar-refractivity contribution in [2.24, 2.45) is 0 Å². The van der Waals surface area contributed by atoms with E-state index in [0.717, 1.165) is 12.8 Å². The maximum atomic E-state index is 6.44. The van der Waals surface area contributed by atoms with Crippen LogP contribution in [0.4, 0.5) is 0 Å². The smallest absolute Gasteiger partial charge is 0.0838 e. The van der Waals surface area contributed by atoms with Crippen LogP contribution in [0, 0.1) is 0 Å². The minimum absolute atomic E-state index is 0.0662. The molecule has 0 aliphatic heterocycles. The van der Waals surface area contributed by atoms with Crippen molar-refractivity contribution in [3.63, 3.8) is 0 Å². The number of hydrogen-bond donors (Lipinski definition) is 0. The van der Waals surface area contributed by atoms with Crippen LogP contribution in [0.1, 0.15) is 29.2 Å². The maximum absolute atomic E-state index is 6.44. The van der Waals surface area contributed by atoms with Gasteiger partial charge in [0, 0.05) is 0 Å². The molecule has 0 aliphatic carbocycles. The molecule has 0 spiro atoms. The van der Waals surface area contributed by atoms with Gasteiger partial charge in [-0.15, -0.1) is 0 Å². The van der Waals surface area contributed by atoms with Crippen LogP contribution in [0.3, 0.4) is 0 Å². The van der Waals surface area contributed by atoms with E-state index in [1.54, 1.807) is 0 Å². The van der Waals surface area contributed by atoms with Crippen LogP contribution < -0.4 is 0 Å². The number of ether oxygens (including phenoxy) is 1. The van der Waals surface area contributed by atoms with Crippen molar-refractivity contribution < 1.29 is 4.74 Å². The van der Waals surface area contributed by atoms with Crippen molar-refractivity contribution in [1.29, 1.82) is 0 Å². The molecule has 27 heavy (non-hydrogen) atoms. The summed E-state index contributed by atoms with van der Waals surface area (Å²) in [7, 11) is 0. The Bertz CT molecular complexity index is 928. The predicted molar refractivity (Wildman–Crippen MR) is 113 cm³/mol. The molecule has 0 aromatic heterocycles. The molecule has 0 saturated heterocycles. The fourth-order valence-electron chi connectivity index (χ4n) is 3.57. The van der Waals surface area contributed by atoms with Gasteiger partial charge in [0.1, 0.15) is 0 Å². The topological polar surface area (TPSA) is 9.23 Å². The molecule has 0 fully saturated rings. The third-order valence-electron chi connectivity index (χ3n) is 5.00.